The van der Waals surface area contributed by atoms with E-state index in [9.17, 15) is 18.4 Å². The fraction of sp³-hybridized carbons (Fsp3) is 0.214. The standard InChI is InChI=1S/C28H25F2NO3/c1-2-34-28(33)23-18-31(26-17-25(30)24(29)16-22(26)27(23)32)15-9-14-21(19-10-5-3-6-11-19)20-12-7-4-8-13-20/h3-8,10-13,16-18,21H,2,9,14-15H2,1H3. The van der Waals surface area contributed by atoms with E-state index in [1.807, 2.05) is 36.4 Å². The summed E-state index contributed by atoms with van der Waals surface area (Å²) in [7, 11) is 0. The van der Waals surface area contributed by atoms with Crippen LogP contribution in [-0.4, -0.2) is 17.1 Å². The molecule has 0 saturated heterocycles. The van der Waals surface area contributed by atoms with E-state index in [1.54, 1.807) is 11.5 Å². The molecule has 4 nitrogen and oxygen atoms in total. The Hall–Kier alpha value is -3.80. The molecule has 4 aromatic rings. The Labute approximate surface area is 196 Å². The smallest absolute Gasteiger partial charge is 0.343 e. The number of hydrogen-bond donors (Lipinski definition) is 0. The number of ether oxygens (including phenoxy) is 1. The number of carbonyl (C=O) groups is 1. The predicted octanol–water partition coefficient (Wildman–Crippen LogP) is 6.07. The van der Waals surface area contributed by atoms with Crippen LogP contribution in [0.3, 0.4) is 0 Å². The van der Waals surface area contributed by atoms with Crippen molar-refractivity contribution in [1.29, 1.82) is 0 Å². The summed E-state index contributed by atoms with van der Waals surface area (Å²) >= 11 is 0. The van der Waals surface area contributed by atoms with Gasteiger partial charge in [0.1, 0.15) is 5.56 Å². The maximum atomic E-state index is 14.1. The van der Waals surface area contributed by atoms with Crippen LogP contribution in [0.15, 0.2) is 83.8 Å². The molecule has 0 radical (unpaired) electrons. The van der Waals surface area contributed by atoms with Crippen LogP contribution in [0, 0.1) is 11.6 Å². The molecular weight excluding hydrogens is 436 g/mol. The predicted molar refractivity (Wildman–Crippen MR) is 128 cm³/mol. The van der Waals surface area contributed by atoms with Crippen LogP contribution in [0.2, 0.25) is 0 Å². The van der Waals surface area contributed by atoms with Gasteiger partial charge in [0.05, 0.1) is 12.1 Å². The number of carbonyl (C=O) groups excluding carboxylic acids is 1. The number of rotatable bonds is 8. The van der Waals surface area contributed by atoms with Gasteiger partial charge < -0.3 is 9.30 Å². The molecule has 0 atom stereocenters. The summed E-state index contributed by atoms with van der Waals surface area (Å²) in [6, 6.07) is 22.2. The summed E-state index contributed by atoms with van der Waals surface area (Å²) in [4.78, 5) is 25.2. The summed E-state index contributed by atoms with van der Waals surface area (Å²) in [6.45, 7) is 2.15. The Bertz CT molecular complexity index is 1310. The lowest BCUT2D eigenvalue weighted by molar-refractivity contribution is 0.0524. The highest BCUT2D eigenvalue weighted by atomic mass is 19.2. The van der Waals surface area contributed by atoms with Gasteiger partial charge in [0.15, 0.2) is 11.6 Å². The topological polar surface area (TPSA) is 48.3 Å². The SMILES string of the molecule is CCOC(=O)c1cn(CCCC(c2ccccc2)c2ccccc2)c2cc(F)c(F)cc2c1=O. The number of benzene rings is 3. The molecule has 0 fully saturated rings. The van der Waals surface area contributed by atoms with Crippen LogP contribution in [0.5, 0.6) is 0 Å². The molecule has 1 aromatic heterocycles. The molecule has 0 aliphatic rings. The maximum absolute atomic E-state index is 14.1. The highest BCUT2D eigenvalue weighted by Gasteiger charge is 2.19. The molecule has 0 aliphatic heterocycles. The average Bonchev–Trinajstić information content (AvgIpc) is 2.85. The number of esters is 1. The molecule has 4 rings (SSSR count). The van der Waals surface area contributed by atoms with Crippen LogP contribution in [-0.2, 0) is 11.3 Å². The first kappa shape index (κ1) is 23.4. The van der Waals surface area contributed by atoms with Crippen molar-refractivity contribution in [3.8, 4) is 0 Å². The number of halogens is 2. The first-order chi connectivity index (χ1) is 16.5. The number of hydrogen-bond acceptors (Lipinski definition) is 3. The third kappa shape index (κ3) is 4.91. The van der Waals surface area contributed by atoms with Crippen molar-refractivity contribution in [2.24, 2.45) is 0 Å². The molecule has 34 heavy (non-hydrogen) atoms. The number of fused-ring (bicyclic) bond motifs is 1. The minimum absolute atomic E-state index is 0.0490. The quantitative estimate of drug-likeness (QED) is 0.299. The molecule has 6 heteroatoms. The lowest BCUT2D eigenvalue weighted by Crippen LogP contribution is -2.21. The second kappa shape index (κ2) is 10.4. The van der Waals surface area contributed by atoms with Crippen LogP contribution in [0.4, 0.5) is 8.78 Å². The Balaban J connectivity index is 1.68. The summed E-state index contributed by atoms with van der Waals surface area (Å²) in [5.41, 5.74) is 1.74. The third-order valence-electron chi connectivity index (χ3n) is 5.91. The van der Waals surface area contributed by atoms with Crippen LogP contribution in [0.1, 0.15) is 47.2 Å². The van der Waals surface area contributed by atoms with E-state index in [0.717, 1.165) is 18.6 Å². The monoisotopic (exact) mass is 461 g/mol. The number of aryl methyl sites for hydroxylation is 1. The number of pyridine rings is 1. The van der Waals surface area contributed by atoms with Crippen LogP contribution >= 0.6 is 0 Å². The van der Waals surface area contributed by atoms with Gasteiger partial charge in [-0.15, -0.1) is 0 Å². The summed E-state index contributed by atoms with van der Waals surface area (Å²) in [6.07, 6.45) is 2.84. The van der Waals surface area contributed by atoms with Crippen molar-refractivity contribution in [1.82, 2.24) is 4.57 Å². The van der Waals surface area contributed by atoms with E-state index in [1.165, 1.54) is 17.3 Å². The minimum Gasteiger partial charge on any atom is -0.462 e. The number of aromatic nitrogens is 1. The normalized spacial score (nSPS) is 11.2. The van der Waals surface area contributed by atoms with Crippen LogP contribution in [0.25, 0.3) is 10.9 Å². The van der Waals surface area contributed by atoms with Crippen molar-refractivity contribution in [3.63, 3.8) is 0 Å². The lowest BCUT2D eigenvalue weighted by Gasteiger charge is -2.19. The van der Waals surface area contributed by atoms with E-state index >= 15 is 0 Å². The average molecular weight is 462 g/mol. The second-order valence-corrected chi connectivity index (χ2v) is 8.09. The first-order valence-electron chi connectivity index (χ1n) is 11.3. The van der Waals surface area contributed by atoms with Crippen LogP contribution < -0.4 is 5.43 Å². The van der Waals surface area contributed by atoms with Crippen molar-refractivity contribution >= 4 is 16.9 Å². The Morgan fingerprint density at radius 1 is 0.941 bits per heavy atom. The molecule has 0 aliphatic carbocycles. The zero-order chi connectivity index (χ0) is 24.1. The van der Waals surface area contributed by atoms with Gasteiger partial charge in [0, 0.05) is 30.1 Å². The molecule has 0 saturated carbocycles. The number of nitrogens with zero attached hydrogens (tertiary/aromatic N) is 1. The molecule has 0 unspecified atom stereocenters. The van der Waals surface area contributed by atoms with Gasteiger partial charge in [-0.25, -0.2) is 13.6 Å². The van der Waals surface area contributed by atoms with Gasteiger partial charge in [-0.05, 0) is 37.0 Å². The van der Waals surface area contributed by atoms with E-state index in [4.69, 9.17) is 4.74 Å². The summed E-state index contributed by atoms with van der Waals surface area (Å²) in [5.74, 6) is -2.81. The molecule has 0 bridgehead atoms. The summed E-state index contributed by atoms with van der Waals surface area (Å²) in [5, 5.41) is -0.0490. The molecule has 0 amide bonds. The second-order valence-electron chi connectivity index (χ2n) is 8.09. The maximum Gasteiger partial charge on any atom is 0.343 e. The zero-order valence-electron chi connectivity index (χ0n) is 18.8. The van der Waals surface area contributed by atoms with Crippen molar-refractivity contribution in [2.45, 2.75) is 32.2 Å². The van der Waals surface area contributed by atoms with E-state index in [2.05, 4.69) is 24.3 Å². The molecule has 174 valence electrons. The Morgan fingerprint density at radius 2 is 1.53 bits per heavy atom. The third-order valence-corrected chi connectivity index (χ3v) is 5.91. The summed E-state index contributed by atoms with van der Waals surface area (Å²) < 4.78 is 34.6. The lowest BCUT2D eigenvalue weighted by atomic mass is 9.87. The van der Waals surface area contributed by atoms with Crippen molar-refractivity contribution in [3.05, 3.63) is 118 Å². The molecule has 0 spiro atoms. The van der Waals surface area contributed by atoms with Crippen molar-refractivity contribution in [2.75, 3.05) is 6.61 Å². The van der Waals surface area contributed by atoms with Gasteiger partial charge in [-0.3, -0.25) is 4.79 Å². The molecule has 3 aromatic carbocycles. The first-order valence-corrected chi connectivity index (χ1v) is 11.3. The highest BCUT2D eigenvalue weighted by molar-refractivity contribution is 5.93. The Morgan fingerprint density at radius 3 is 2.12 bits per heavy atom. The molecule has 0 N–H and O–H groups in total. The minimum atomic E-state index is -1.13. The fourth-order valence-corrected chi connectivity index (χ4v) is 4.29. The molecular formula is C28H25F2NO3. The van der Waals surface area contributed by atoms with Gasteiger partial charge in [0.2, 0.25) is 5.43 Å². The zero-order valence-corrected chi connectivity index (χ0v) is 18.8. The highest BCUT2D eigenvalue weighted by Crippen LogP contribution is 2.29. The van der Waals surface area contributed by atoms with E-state index < -0.39 is 23.0 Å². The Kier molecular flexibility index (Phi) is 7.16. The fourth-order valence-electron chi connectivity index (χ4n) is 4.29. The van der Waals surface area contributed by atoms with Gasteiger partial charge >= 0.3 is 5.97 Å². The largest absolute Gasteiger partial charge is 0.462 e. The van der Waals surface area contributed by atoms with Crippen molar-refractivity contribution < 1.29 is 18.3 Å². The van der Waals surface area contributed by atoms with Gasteiger partial charge in [-0.1, -0.05) is 60.7 Å². The van der Waals surface area contributed by atoms with Gasteiger partial charge in [-0.2, -0.15) is 0 Å². The van der Waals surface area contributed by atoms with Gasteiger partial charge in [0.25, 0.3) is 0 Å². The van der Waals surface area contributed by atoms with E-state index in [0.29, 0.717) is 13.0 Å². The molecule has 1 heterocycles. The van der Waals surface area contributed by atoms with E-state index in [-0.39, 0.29) is 29.0 Å².